The molecule has 0 saturated carbocycles. The average Bonchev–Trinajstić information content (AvgIpc) is 2.76. The number of amides is 2. The first kappa shape index (κ1) is 23.5. The molecule has 1 fully saturated rings. The van der Waals surface area contributed by atoms with Crippen molar-refractivity contribution in [2.24, 2.45) is 11.5 Å². The predicted molar refractivity (Wildman–Crippen MR) is 124 cm³/mol. The van der Waals surface area contributed by atoms with E-state index in [0.717, 1.165) is 32.0 Å². The summed E-state index contributed by atoms with van der Waals surface area (Å²) in [6, 6.07) is 8.22. The number of nitrogens with zero attached hydrogens (tertiary/aromatic N) is 3. The number of nitrogens with one attached hydrogen (secondary N) is 1. The number of benzene rings is 1. The number of rotatable bonds is 8. The molecule has 1 unspecified atom stereocenters. The lowest BCUT2D eigenvalue weighted by Gasteiger charge is -2.29. The summed E-state index contributed by atoms with van der Waals surface area (Å²) in [5.74, 6) is -1.61. The smallest absolute Gasteiger partial charge is 0.252 e. The van der Waals surface area contributed by atoms with Crippen molar-refractivity contribution in [3.05, 3.63) is 47.3 Å². The highest BCUT2D eigenvalue weighted by molar-refractivity contribution is 5.98. The Morgan fingerprint density at radius 3 is 2.41 bits per heavy atom. The fourth-order valence-electron chi connectivity index (χ4n) is 4.14. The van der Waals surface area contributed by atoms with Gasteiger partial charge in [0.25, 0.3) is 5.91 Å². The Kier molecular flexibility index (Phi) is 7.29. The molecular formula is C23H31FN6O2. The molecule has 1 atom stereocenters. The molecule has 0 aliphatic carbocycles. The largest absolute Gasteiger partial charge is 0.368 e. The van der Waals surface area contributed by atoms with Crippen LogP contribution in [0.15, 0.2) is 30.3 Å². The number of anilines is 3. The molecule has 0 bridgehead atoms. The Morgan fingerprint density at radius 2 is 1.88 bits per heavy atom. The third-order valence-electron chi connectivity index (χ3n) is 6.10. The van der Waals surface area contributed by atoms with Crippen LogP contribution in [-0.2, 0) is 4.79 Å². The van der Waals surface area contributed by atoms with E-state index in [0.29, 0.717) is 18.0 Å². The minimum Gasteiger partial charge on any atom is -0.368 e. The molecular weight excluding hydrogens is 411 g/mol. The lowest BCUT2D eigenvalue weighted by atomic mass is 9.89. The SMILES string of the molecule is CCC(C(N)=O)N(C)c1nc(Nc2ccc(C3CCN(C)CC3)cc2)c(C(N)=O)cc1F. The van der Waals surface area contributed by atoms with Crippen LogP contribution in [-0.4, -0.2) is 54.9 Å². The quantitative estimate of drug-likeness (QED) is 0.578. The highest BCUT2D eigenvalue weighted by Crippen LogP contribution is 2.30. The minimum atomic E-state index is -0.807. The van der Waals surface area contributed by atoms with Crippen LogP contribution >= 0.6 is 0 Å². The third kappa shape index (κ3) is 5.16. The van der Waals surface area contributed by atoms with Gasteiger partial charge in [-0.3, -0.25) is 9.59 Å². The van der Waals surface area contributed by atoms with Crippen LogP contribution in [0.2, 0.25) is 0 Å². The van der Waals surface area contributed by atoms with Crippen LogP contribution in [0, 0.1) is 5.82 Å². The number of pyridine rings is 1. The molecule has 0 radical (unpaired) electrons. The second-order valence-electron chi connectivity index (χ2n) is 8.32. The molecule has 1 aromatic carbocycles. The van der Waals surface area contributed by atoms with Crippen LogP contribution < -0.4 is 21.7 Å². The molecule has 3 rings (SSSR count). The Hall–Kier alpha value is -3.20. The lowest BCUT2D eigenvalue weighted by molar-refractivity contribution is -0.119. The van der Waals surface area contributed by atoms with Gasteiger partial charge in [-0.15, -0.1) is 0 Å². The number of nitrogens with two attached hydrogens (primary N) is 2. The number of carbonyl (C=O) groups excluding carboxylic acids is 2. The van der Waals surface area contributed by atoms with Crippen molar-refractivity contribution >= 4 is 29.1 Å². The average molecular weight is 443 g/mol. The standard InChI is InChI=1S/C23H31FN6O2/c1-4-19(21(26)32)30(3)23-18(24)13-17(20(25)31)22(28-23)27-16-7-5-14(6-8-16)15-9-11-29(2)12-10-15/h5-8,13,15,19H,4,9-12H2,1-3H3,(H2,25,31)(H2,26,32)(H,27,28). The number of likely N-dealkylation sites (tertiary alicyclic amines) is 1. The number of primary amides is 2. The molecule has 2 amide bonds. The first-order chi connectivity index (χ1) is 15.2. The maximum Gasteiger partial charge on any atom is 0.252 e. The van der Waals surface area contributed by atoms with Gasteiger partial charge in [0, 0.05) is 12.7 Å². The van der Waals surface area contributed by atoms with E-state index in [1.54, 1.807) is 6.92 Å². The van der Waals surface area contributed by atoms with E-state index >= 15 is 0 Å². The number of piperidine rings is 1. The Balaban J connectivity index is 1.87. The monoisotopic (exact) mass is 442 g/mol. The zero-order valence-corrected chi connectivity index (χ0v) is 18.8. The molecule has 9 heteroatoms. The van der Waals surface area contributed by atoms with Crippen LogP contribution in [0.3, 0.4) is 0 Å². The molecule has 2 aromatic rings. The van der Waals surface area contributed by atoms with Crippen LogP contribution in [0.5, 0.6) is 0 Å². The van der Waals surface area contributed by atoms with Gasteiger partial charge in [-0.25, -0.2) is 9.37 Å². The van der Waals surface area contributed by atoms with Gasteiger partial charge in [-0.1, -0.05) is 19.1 Å². The summed E-state index contributed by atoms with van der Waals surface area (Å²) in [4.78, 5) is 31.6. The minimum absolute atomic E-state index is 0.0776. The summed E-state index contributed by atoms with van der Waals surface area (Å²) in [5.41, 5.74) is 12.8. The second-order valence-corrected chi connectivity index (χ2v) is 8.32. The normalized spacial score (nSPS) is 15.9. The molecule has 1 aromatic heterocycles. The summed E-state index contributed by atoms with van der Waals surface area (Å²) in [7, 11) is 3.67. The number of hydrogen-bond donors (Lipinski definition) is 3. The number of halogens is 1. The van der Waals surface area contributed by atoms with E-state index in [-0.39, 0.29) is 17.2 Å². The highest BCUT2D eigenvalue weighted by Gasteiger charge is 2.25. The second kappa shape index (κ2) is 9.95. The van der Waals surface area contributed by atoms with E-state index in [2.05, 4.69) is 34.4 Å². The molecule has 2 heterocycles. The van der Waals surface area contributed by atoms with Gasteiger partial charge >= 0.3 is 0 Å². The topological polar surface area (TPSA) is 118 Å². The van der Waals surface area contributed by atoms with Gasteiger partial charge in [-0.05, 0) is 69.1 Å². The Morgan fingerprint density at radius 1 is 1.25 bits per heavy atom. The zero-order valence-electron chi connectivity index (χ0n) is 18.8. The Labute approximate surface area is 187 Å². The van der Waals surface area contributed by atoms with Gasteiger partial charge in [0.15, 0.2) is 11.6 Å². The van der Waals surface area contributed by atoms with Gasteiger partial charge in [0.05, 0.1) is 5.56 Å². The number of likely N-dealkylation sites (N-methyl/N-ethyl adjacent to an activating group) is 1. The van der Waals surface area contributed by atoms with Crippen molar-refractivity contribution in [2.45, 2.75) is 38.1 Å². The highest BCUT2D eigenvalue weighted by atomic mass is 19.1. The maximum atomic E-state index is 14.7. The number of hydrogen-bond acceptors (Lipinski definition) is 6. The fraction of sp³-hybridized carbons (Fsp3) is 0.435. The molecule has 1 saturated heterocycles. The zero-order chi connectivity index (χ0) is 23.4. The molecule has 5 N–H and O–H groups in total. The van der Waals surface area contributed by atoms with E-state index in [1.807, 2.05) is 12.1 Å². The van der Waals surface area contributed by atoms with Gasteiger partial charge in [0.2, 0.25) is 5.91 Å². The first-order valence-corrected chi connectivity index (χ1v) is 10.8. The molecule has 0 spiro atoms. The Bertz CT molecular complexity index is 973. The molecule has 32 heavy (non-hydrogen) atoms. The lowest BCUT2D eigenvalue weighted by Crippen LogP contribution is -2.43. The maximum absolute atomic E-state index is 14.7. The third-order valence-corrected chi connectivity index (χ3v) is 6.10. The summed E-state index contributed by atoms with van der Waals surface area (Å²) in [6.45, 7) is 3.92. The molecule has 8 nitrogen and oxygen atoms in total. The van der Waals surface area contributed by atoms with Crippen molar-refractivity contribution in [2.75, 3.05) is 37.4 Å². The van der Waals surface area contributed by atoms with Gasteiger partial charge in [0.1, 0.15) is 11.9 Å². The van der Waals surface area contributed by atoms with Crippen LogP contribution in [0.4, 0.5) is 21.7 Å². The van der Waals surface area contributed by atoms with Crippen molar-refractivity contribution in [1.29, 1.82) is 0 Å². The van der Waals surface area contributed by atoms with Gasteiger partial charge in [-0.2, -0.15) is 0 Å². The number of carbonyl (C=O) groups is 2. The number of aromatic nitrogens is 1. The summed E-state index contributed by atoms with van der Waals surface area (Å²) in [5, 5.41) is 3.07. The van der Waals surface area contributed by atoms with Crippen LogP contribution in [0.1, 0.15) is 48.0 Å². The molecule has 172 valence electrons. The van der Waals surface area contributed by atoms with Crippen molar-refractivity contribution in [3.8, 4) is 0 Å². The van der Waals surface area contributed by atoms with E-state index in [4.69, 9.17) is 11.5 Å². The summed E-state index contributed by atoms with van der Waals surface area (Å²) in [6.07, 6.45) is 2.61. The van der Waals surface area contributed by atoms with Crippen LogP contribution in [0.25, 0.3) is 0 Å². The predicted octanol–water partition coefficient (Wildman–Crippen LogP) is 2.57. The molecule has 1 aliphatic heterocycles. The van der Waals surface area contributed by atoms with E-state index in [1.165, 1.54) is 17.5 Å². The van der Waals surface area contributed by atoms with Crippen molar-refractivity contribution < 1.29 is 14.0 Å². The van der Waals surface area contributed by atoms with Gasteiger partial charge < -0.3 is 26.6 Å². The summed E-state index contributed by atoms with van der Waals surface area (Å²) >= 11 is 0. The van der Waals surface area contributed by atoms with E-state index < -0.39 is 23.7 Å². The summed E-state index contributed by atoms with van der Waals surface area (Å²) < 4.78 is 14.7. The first-order valence-electron chi connectivity index (χ1n) is 10.8. The van der Waals surface area contributed by atoms with E-state index in [9.17, 15) is 14.0 Å². The van der Waals surface area contributed by atoms with Crippen molar-refractivity contribution in [3.63, 3.8) is 0 Å². The fourth-order valence-corrected chi connectivity index (χ4v) is 4.14. The molecule has 1 aliphatic rings. The van der Waals surface area contributed by atoms with Crippen molar-refractivity contribution in [1.82, 2.24) is 9.88 Å².